The molecule has 5 nitrogen and oxygen atoms in total. The van der Waals surface area contributed by atoms with Gasteiger partial charge < -0.3 is 14.9 Å². The van der Waals surface area contributed by atoms with Gasteiger partial charge in [0.2, 0.25) is 0 Å². The van der Waals surface area contributed by atoms with Crippen LogP contribution in [0.4, 0.5) is 4.79 Å². The van der Waals surface area contributed by atoms with Crippen molar-refractivity contribution in [1.29, 1.82) is 0 Å². The molecule has 2 aliphatic heterocycles. The first-order valence-corrected chi connectivity index (χ1v) is 7.88. The Morgan fingerprint density at radius 2 is 1.90 bits per heavy atom. The minimum atomic E-state index is -0.833. The van der Waals surface area contributed by atoms with E-state index in [1.165, 1.54) is 6.42 Å². The van der Waals surface area contributed by atoms with Gasteiger partial charge in [0.15, 0.2) is 0 Å². The fourth-order valence-corrected chi connectivity index (χ4v) is 4.23. The average Bonchev–Trinajstić information content (AvgIpc) is 3.01. The highest BCUT2D eigenvalue weighted by molar-refractivity contribution is 5.84. The number of carboxylic acids is 1. The van der Waals surface area contributed by atoms with Gasteiger partial charge in [0.05, 0.1) is 0 Å². The Labute approximate surface area is 119 Å². The van der Waals surface area contributed by atoms with E-state index < -0.39 is 12.0 Å². The van der Waals surface area contributed by atoms with Crippen LogP contribution in [0.1, 0.15) is 45.4 Å². The Bertz CT molecular complexity index is 412. The molecule has 5 heteroatoms. The van der Waals surface area contributed by atoms with Crippen LogP contribution in [0.2, 0.25) is 0 Å². The number of carbonyl (C=O) groups excluding carboxylic acids is 1. The van der Waals surface area contributed by atoms with Crippen molar-refractivity contribution in [1.82, 2.24) is 9.80 Å². The first kappa shape index (κ1) is 13.7. The van der Waals surface area contributed by atoms with E-state index in [1.54, 1.807) is 4.90 Å². The van der Waals surface area contributed by atoms with Crippen LogP contribution in [0.15, 0.2) is 0 Å². The first-order valence-electron chi connectivity index (χ1n) is 7.88. The van der Waals surface area contributed by atoms with Gasteiger partial charge in [-0.3, -0.25) is 0 Å². The lowest BCUT2D eigenvalue weighted by Crippen LogP contribution is -2.51. The second-order valence-electron chi connectivity index (χ2n) is 6.73. The van der Waals surface area contributed by atoms with Gasteiger partial charge in [-0.2, -0.15) is 0 Å². The van der Waals surface area contributed by atoms with Crippen LogP contribution in [0, 0.1) is 11.8 Å². The fourth-order valence-electron chi connectivity index (χ4n) is 4.23. The maximum Gasteiger partial charge on any atom is 0.326 e. The Morgan fingerprint density at radius 3 is 2.55 bits per heavy atom. The summed E-state index contributed by atoms with van der Waals surface area (Å²) in [7, 11) is 0. The highest BCUT2D eigenvalue weighted by atomic mass is 16.4. The van der Waals surface area contributed by atoms with Crippen molar-refractivity contribution in [3.8, 4) is 0 Å². The molecule has 112 valence electrons. The minimum Gasteiger partial charge on any atom is -0.480 e. The maximum absolute atomic E-state index is 12.8. The van der Waals surface area contributed by atoms with Crippen LogP contribution < -0.4 is 0 Å². The van der Waals surface area contributed by atoms with E-state index in [4.69, 9.17) is 0 Å². The van der Waals surface area contributed by atoms with Gasteiger partial charge in [0.25, 0.3) is 0 Å². The molecule has 0 aromatic carbocycles. The van der Waals surface area contributed by atoms with Crippen molar-refractivity contribution < 1.29 is 14.7 Å². The number of hydrogen-bond donors (Lipinski definition) is 1. The molecule has 1 N–H and O–H groups in total. The molecule has 0 radical (unpaired) electrons. The van der Waals surface area contributed by atoms with Crippen LogP contribution in [0.3, 0.4) is 0 Å². The van der Waals surface area contributed by atoms with Crippen LogP contribution in [0.25, 0.3) is 0 Å². The summed E-state index contributed by atoms with van der Waals surface area (Å²) in [6.07, 6.45) is 6.03. The monoisotopic (exact) mass is 280 g/mol. The van der Waals surface area contributed by atoms with E-state index in [0.717, 1.165) is 38.8 Å². The normalized spacial score (nSPS) is 37.0. The first-order chi connectivity index (χ1) is 9.58. The third kappa shape index (κ3) is 2.27. The van der Waals surface area contributed by atoms with Gasteiger partial charge in [0, 0.05) is 19.1 Å². The van der Waals surface area contributed by atoms with Crippen molar-refractivity contribution in [2.24, 2.45) is 11.8 Å². The van der Waals surface area contributed by atoms with E-state index in [1.807, 2.05) is 4.90 Å². The smallest absolute Gasteiger partial charge is 0.326 e. The Hall–Kier alpha value is -1.26. The SMILES string of the molecule is CC1CCN(C(=O)N2C(C(=O)O)CC3CCCCC32)C1. The molecule has 1 aliphatic carbocycles. The zero-order valence-electron chi connectivity index (χ0n) is 12.1. The van der Waals surface area contributed by atoms with Gasteiger partial charge in [-0.05, 0) is 37.5 Å². The van der Waals surface area contributed by atoms with Crippen molar-refractivity contribution >= 4 is 12.0 Å². The van der Waals surface area contributed by atoms with Crippen LogP contribution >= 0.6 is 0 Å². The second kappa shape index (κ2) is 5.26. The molecule has 4 unspecified atom stereocenters. The zero-order valence-corrected chi connectivity index (χ0v) is 12.1. The molecule has 0 aromatic heterocycles. The van der Waals surface area contributed by atoms with Crippen molar-refractivity contribution in [3.63, 3.8) is 0 Å². The molecular formula is C15H24N2O3. The van der Waals surface area contributed by atoms with Gasteiger partial charge in [-0.1, -0.05) is 19.8 Å². The molecule has 0 aromatic rings. The number of hydrogen-bond acceptors (Lipinski definition) is 2. The number of nitrogens with zero attached hydrogens (tertiary/aromatic N) is 2. The summed E-state index contributed by atoms with van der Waals surface area (Å²) in [5.41, 5.74) is 0. The number of amides is 2. The van der Waals surface area contributed by atoms with E-state index in [9.17, 15) is 14.7 Å². The third-order valence-electron chi connectivity index (χ3n) is 5.29. The Morgan fingerprint density at radius 1 is 1.15 bits per heavy atom. The van der Waals surface area contributed by atoms with Crippen LogP contribution in [-0.2, 0) is 4.79 Å². The summed E-state index contributed by atoms with van der Waals surface area (Å²) in [5, 5.41) is 9.46. The van der Waals surface area contributed by atoms with E-state index in [0.29, 0.717) is 18.3 Å². The van der Waals surface area contributed by atoms with Gasteiger partial charge in [-0.15, -0.1) is 0 Å². The van der Waals surface area contributed by atoms with E-state index in [-0.39, 0.29) is 12.1 Å². The summed E-state index contributed by atoms with van der Waals surface area (Å²) in [6.45, 7) is 3.70. The molecular weight excluding hydrogens is 256 g/mol. The highest BCUT2D eigenvalue weighted by Gasteiger charge is 2.49. The van der Waals surface area contributed by atoms with Crippen molar-refractivity contribution in [2.45, 2.75) is 57.5 Å². The molecule has 1 saturated carbocycles. The molecule has 4 atom stereocenters. The largest absolute Gasteiger partial charge is 0.480 e. The van der Waals surface area contributed by atoms with Crippen LogP contribution in [-0.4, -0.2) is 52.1 Å². The molecule has 2 saturated heterocycles. The van der Waals surface area contributed by atoms with Crippen molar-refractivity contribution in [3.05, 3.63) is 0 Å². The van der Waals surface area contributed by atoms with Gasteiger partial charge in [-0.25, -0.2) is 9.59 Å². The summed E-state index contributed by atoms with van der Waals surface area (Å²) in [6, 6.07) is -0.476. The number of carboxylic acid groups (broad SMARTS) is 1. The predicted octanol–water partition coefficient (Wildman–Crippen LogP) is 2.17. The zero-order chi connectivity index (χ0) is 14.3. The molecule has 3 aliphatic rings. The van der Waals surface area contributed by atoms with E-state index >= 15 is 0 Å². The Balaban J connectivity index is 1.80. The number of aliphatic carboxylic acids is 1. The molecule has 2 heterocycles. The molecule has 3 rings (SSSR count). The van der Waals surface area contributed by atoms with E-state index in [2.05, 4.69) is 6.92 Å². The summed E-state index contributed by atoms with van der Waals surface area (Å²) in [4.78, 5) is 27.8. The minimum absolute atomic E-state index is 0.0313. The molecule has 0 spiro atoms. The third-order valence-corrected chi connectivity index (χ3v) is 5.29. The maximum atomic E-state index is 12.8. The highest BCUT2D eigenvalue weighted by Crippen LogP contribution is 2.40. The topological polar surface area (TPSA) is 60.9 Å². The number of rotatable bonds is 1. The van der Waals surface area contributed by atoms with Crippen LogP contribution in [0.5, 0.6) is 0 Å². The Kier molecular flexibility index (Phi) is 3.61. The lowest BCUT2D eigenvalue weighted by atomic mass is 9.85. The lowest BCUT2D eigenvalue weighted by molar-refractivity contribution is -0.141. The molecule has 0 bridgehead atoms. The molecule has 3 fully saturated rings. The van der Waals surface area contributed by atoms with Crippen molar-refractivity contribution in [2.75, 3.05) is 13.1 Å². The quantitative estimate of drug-likeness (QED) is 0.800. The predicted molar refractivity (Wildman–Crippen MR) is 74.4 cm³/mol. The lowest BCUT2D eigenvalue weighted by Gasteiger charge is -2.35. The summed E-state index contributed by atoms with van der Waals surface area (Å²) < 4.78 is 0. The summed E-state index contributed by atoms with van der Waals surface area (Å²) >= 11 is 0. The molecule has 20 heavy (non-hydrogen) atoms. The molecule has 2 amide bonds. The average molecular weight is 280 g/mol. The fraction of sp³-hybridized carbons (Fsp3) is 0.867. The number of likely N-dealkylation sites (tertiary alicyclic amines) is 2. The number of carbonyl (C=O) groups is 2. The number of urea groups is 1. The second-order valence-corrected chi connectivity index (χ2v) is 6.73. The number of fused-ring (bicyclic) bond motifs is 1. The van der Waals surface area contributed by atoms with Gasteiger partial charge in [0.1, 0.15) is 6.04 Å². The summed E-state index contributed by atoms with van der Waals surface area (Å²) in [5.74, 6) is 0.0980. The standard InChI is InChI=1S/C15H24N2O3/c1-10-6-7-16(9-10)15(20)17-12-5-3-2-4-11(12)8-13(17)14(18)19/h10-13H,2-9H2,1H3,(H,18,19). The van der Waals surface area contributed by atoms with Gasteiger partial charge >= 0.3 is 12.0 Å².